The van der Waals surface area contributed by atoms with Crippen molar-refractivity contribution >= 4 is 11.8 Å². The highest BCUT2D eigenvalue weighted by atomic mass is 32.2. The quantitative estimate of drug-likeness (QED) is 0.658. The largest absolute Gasteiger partial charge is 0.317 e. The first kappa shape index (κ1) is 8.41. The minimum Gasteiger partial charge on any atom is -0.317 e. The van der Waals surface area contributed by atoms with Crippen molar-refractivity contribution in [2.24, 2.45) is 5.92 Å². The van der Waals surface area contributed by atoms with Gasteiger partial charge in [0.2, 0.25) is 0 Å². The normalized spacial score (nSPS) is 24.6. The second-order valence-electron chi connectivity index (χ2n) is 3.03. The smallest absolute Gasteiger partial charge is 0.00451 e. The molecule has 0 amide bonds. The van der Waals surface area contributed by atoms with E-state index in [1.807, 2.05) is 11.8 Å². The standard InChI is InChI=1S/C8H17NS/c1-7(10-2)8-3-5-9-6-4-8/h7-9H,3-6H2,1-2H3. The van der Waals surface area contributed by atoms with Crippen LogP contribution in [0.5, 0.6) is 0 Å². The van der Waals surface area contributed by atoms with Crippen molar-refractivity contribution in [3.63, 3.8) is 0 Å². The number of rotatable bonds is 2. The summed E-state index contributed by atoms with van der Waals surface area (Å²) in [5.41, 5.74) is 0. The zero-order valence-electron chi connectivity index (χ0n) is 6.89. The molecule has 0 aromatic heterocycles. The highest BCUT2D eigenvalue weighted by molar-refractivity contribution is 7.99. The summed E-state index contributed by atoms with van der Waals surface area (Å²) < 4.78 is 0. The van der Waals surface area contributed by atoms with Crippen LogP contribution in [0.25, 0.3) is 0 Å². The Hall–Kier alpha value is 0.310. The molecule has 0 aliphatic carbocycles. The number of thioether (sulfide) groups is 1. The Labute approximate surface area is 68.0 Å². The SMILES string of the molecule is CSC(C)C1CCNCC1. The molecule has 1 atom stereocenters. The van der Waals surface area contributed by atoms with Crippen molar-refractivity contribution in [3.8, 4) is 0 Å². The molecule has 2 heteroatoms. The van der Waals surface area contributed by atoms with Crippen molar-refractivity contribution in [1.29, 1.82) is 0 Å². The van der Waals surface area contributed by atoms with Crippen LogP contribution in [0.1, 0.15) is 19.8 Å². The van der Waals surface area contributed by atoms with Crippen molar-refractivity contribution < 1.29 is 0 Å². The van der Waals surface area contributed by atoms with E-state index >= 15 is 0 Å². The minimum atomic E-state index is 0.863. The van der Waals surface area contributed by atoms with E-state index in [1.165, 1.54) is 25.9 Å². The van der Waals surface area contributed by atoms with Crippen molar-refractivity contribution in [3.05, 3.63) is 0 Å². The molecule has 1 aliphatic rings. The predicted octanol–water partition coefficient (Wildman–Crippen LogP) is 1.74. The highest BCUT2D eigenvalue weighted by Gasteiger charge is 2.18. The molecule has 1 aliphatic heterocycles. The number of hydrogen-bond acceptors (Lipinski definition) is 2. The van der Waals surface area contributed by atoms with E-state index in [0.717, 1.165) is 11.2 Å². The Kier molecular flexibility index (Phi) is 3.57. The topological polar surface area (TPSA) is 12.0 Å². The third kappa shape index (κ3) is 2.17. The lowest BCUT2D eigenvalue weighted by molar-refractivity contribution is 0.373. The van der Waals surface area contributed by atoms with Crippen LogP contribution in [0, 0.1) is 5.92 Å². The molecule has 0 aromatic rings. The van der Waals surface area contributed by atoms with Crippen LogP contribution in [0.3, 0.4) is 0 Å². The molecule has 0 saturated carbocycles. The highest BCUT2D eigenvalue weighted by Crippen LogP contribution is 2.23. The van der Waals surface area contributed by atoms with Gasteiger partial charge in [0.05, 0.1) is 0 Å². The van der Waals surface area contributed by atoms with E-state index < -0.39 is 0 Å². The number of hydrogen-bond donors (Lipinski definition) is 1. The summed E-state index contributed by atoms with van der Waals surface area (Å²) in [6.45, 7) is 4.81. The van der Waals surface area contributed by atoms with Gasteiger partial charge in [-0.05, 0) is 38.1 Å². The molecule has 0 bridgehead atoms. The maximum atomic E-state index is 3.38. The maximum Gasteiger partial charge on any atom is 0.00451 e. The van der Waals surface area contributed by atoms with Gasteiger partial charge in [-0.1, -0.05) is 6.92 Å². The van der Waals surface area contributed by atoms with Gasteiger partial charge < -0.3 is 5.32 Å². The molecule has 1 unspecified atom stereocenters. The molecule has 0 radical (unpaired) electrons. The van der Waals surface area contributed by atoms with E-state index in [-0.39, 0.29) is 0 Å². The van der Waals surface area contributed by atoms with E-state index in [9.17, 15) is 0 Å². The first-order valence-corrected chi connectivity index (χ1v) is 5.37. The molecule has 0 aromatic carbocycles. The molecular weight excluding hydrogens is 142 g/mol. The molecular formula is C8H17NS. The van der Waals surface area contributed by atoms with Gasteiger partial charge in [0, 0.05) is 5.25 Å². The molecule has 0 spiro atoms. The average molecular weight is 159 g/mol. The van der Waals surface area contributed by atoms with Gasteiger partial charge >= 0.3 is 0 Å². The number of piperidine rings is 1. The van der Waals surface area contributed by atoms with Gasteiger partial charge in [0.15, 0.2) is 0 Å². The van der Waals surface area contributed by atoms with Gasteiger partial charge in [-0.3, -0.25) is 0 Å². The van der Waals surface area contributed by atoms with E-state index in [0.29, 0.717) is 0 Å². The molecule has 1 fully saturated rings. The lowest BCUT2D eigenvalue weighted by atomic mass is 9.95. The Bertz CT molecular complexity index is 89.3. The lowest BCUT2D eigenvalue weighted by Crippen LogP contribution is -2.31. The second-order valence-corrected chi connectivity index (χ2v) is 4.24. The van der Waals surface area contributed by atoms with Crippen molar-refractivity contribution in [1.82, 2.24) is 5.32 Å². The van der Waals surface area contributed by atoms with E-state index in [2.05, 4.69) is 18.5 Å². The molecule has 1 saturated heterocycles. The number of nitrogens with one attached hydrogen (secondary N) is 1. The molecule has 1 heterocycles. The molecule has 1 nitrogen and oxygen atoms in total. The summed E-state index contributed by atoms with van der Waals surface area (Å²) in [5, 5.41) is 4.25. The monoisotopic (exact) mass is 159 g/mol. The minimum absolute atomic E-state index is 0.863. The fourth-order valence-corrected chi connectivity index (χ4v) is 2.16. The third-order valence-corrected chi connectivity index (χ3v) is 3.55. The third-order valence-electron chi connectivity index (χ3n) is 2.42. The van der Waals surface area contributed by atoms with E-state index in [1.54, 1.807) is 0 Å². The van der Waals surface area contributed by atoms with Crippen LogP contribution in [-0.2, 0) is 0 Å². The van der Waals surface area contributed by atoms with Crippen LogP contribution < -0.4 is 5.32 Å². The first-order valence-electron chi connectivity index (χ1n) is 4.08. The van der Waals surface area contributed by atoms with Gasteiger partial charge in [0.1, 0.15) is 0 Å². The molecule has 60 valence electrons. The van der Waals surface area contributed by atoms with Crippen LogP contribution in [0.15, 0.2) is 0 Å². The van der Waals surface area contributed by atoms with Crippen molar-refractivity contribution in [2.75, 3.05) is 19.3 Å². The van der Waals surface area contributed by atoms with Crippen LogP contribution >= 0.6 is 11.8 Å². The summed E-state index contributed by atoms with van der Waals surface area (Å²) in [5.74, 6) is 0.969. The summed E-state index contributed by atoms with van der Waals surface area (Å²) >= 11 is 2.00. The summed E-state index contributed by atoms with van der Waals surface area (Å²) in [7, 11) is 0. The Morgan fingerprint density at radius 1 is 1.40 bits per heavy atom. The average Bonchev–Trinajstić information content (AvgIpc) is 2.05. The van der Waals surface area contributed by atoms with Gasteiger partial charge in [0.25, 0.3) is 0 Å². The molecule has 10 heavy (non-hydrogen) atoms. The lowest BCUT2D eigenvalue weighted by Gasteiger charge is -2.26. The summed E-state index contributed by atoms with van der Waals surface area (Å²) in [4.78, 5) is 0. The van der Waals surface area contributed by atoms with Crippen LogP contribution in [-0.4, -0.2) is 24.6 Å². The fourth-order valence-electron chi connectivity index (χ4n) is 1.51. The van der Waals surface area contributed by atoms with E-state index in [4.69, 9.17) is 0 Å². The van der Waals surface area contributed by atoms with Crippen LogP contribution in [0.4, 0.5) is 0 Å². The maximum absolute atomic E-state index is 3.38. The predicted molar refractivity (Wildman–Crippen MR) is 48.6 cm³/mol. The Morgan fingerprint density at radius 3 is 2.50 bits per heavy atom. The van der Waals surface area contributed by atoms with Crippen LogP contribution in [0.2, 0.25) is 0 Å². The van der Waals surface area contributed by atoms with Crippen molar-refractivity contribution in [2.45, 2.75) is 25.0 Å². The summed E-state index contributed by atoms with van der Waals surface area (Å²) in [6.07, 6.45) is 4.97. The Balaban J connectivity index is 2.24. The van der Waals surface area contributed by atoms with Gasteiger partial charge in [-0.2, -0.15) is 11.8 Å². The van der Waals surface area contributed by atoms with Gasteiger partial charge in [-0.25, -0.2) is 0 Å². The second kappa shape index (κ2) is 4.24. The molecule has 1 rings (SSSR count). The summed E-state index contributed by atoms with van der Waals surface area (Å²) in [6, 6.07) is 0. The fraction of sp³-hybridized carbons (Fsp3) is 1.00. The molecule has 1 N–H and O–H groups in total. The Morgan fingerprint density at radius 2 is 2.00 bits per heavy atom. The zero-order chi connectivity index (χ0) is 7.40. The first-order chi connectivity index (χ1) is 4.84. The van der Waals surface area contributed by atoms with Gasteiger partial charge in [-0.15, -0.1) is 0 Å². The zero-order valence-corrected chi connectivity index (χ0v) is 7.71.